The third kappa shape index (κ3) is 4.22. The first kappa shape index (κ1) is 18.0. The normalized spacial score (nSPS) is 12.5. The van der Waals surface area contributed by atoms with Gasteiger partial charge < -0.3 is 9.72 Å². The van der Waals surface area contributed by atoms with Crippen LogP contribution in [0.25, 0.3) is 5.65 Å². The van der Waals surface area contributed by atoms with Gasteiger partial charge in [-0.25, -0.2) is 4.98 Å². The molecule has 0 saturated carbocycles. The van der Waals surface area contributed by atoms with Crippen molar-refractivity contribution in [1.29, 1.82) is 0 Å². The zero-order chi connectivity index (χ0) is 16.9. The van der Waals surface area contributed by atoms with E-state index in [1.165, 1.54) is 6.20 Å². The fourth-order valence-corrected chi connectivity index (χ4v) is 1.78. The molecule has 0 aromatic carbocycles. The van der Waals surface area contributed by atoms with Crippen molar-refractivity contribution >= 4 is 17.4 Å². The van der Waals surface area contributed by atoms with Gasteiger partial charge >= 0.3 is 12.1 Å². The first-order chi connectivity index (χ1) is 10.3. The summed E-state index contributed by atoms with van der Waals surface area (Å²) in [6.45, 7) is 8.11. The third-order valence-corrected chi connectivity index (χ3v) is 3.15. The molecule has 0 spiro atoms. The minimum Gasteiger partial charge on any atom is -0.305 e. The van der Waals surface area contributed by atoms with Crippen LogP contribution in [-0.2, 0) is 4.79 Å². The molecule has 2 aromatic rings. The van der Waals surface area contributed by atoms with Gasteiger partial charge in [0.2, 0.25) is 0 Å². The molecule has 7 heteroatoms. The molecule has 1 unspecified atom stereocenters. The molecule has 1 N–H and O–H groups in total. The minimum atomic E-state index is -4.92. The zero-order valence-electron chi connectivity index (χ0n) is 13.0. The Hall–Kier alpha value is -2.05. The molecule has 2 aromatic heterocycles. The molecular formula is C15H20F3N3O. The number of aromatic nitrogens is 2. The van der Waals surface area contributed by atoms with Gasteiger partial charge in [0, 0.05) is 6.20 Å². The Morgan fingerprint density at radius 2 is 1.95 bits per heavy atom. The van der Waals surface area contributed by atoms with Crippen molar-refractivity contribution in [1.82, 2.24) is 9.38 Å². The highest BCUT2D eigenvalue weighted by Crippen LogP contribution is 2.21. The molecule has 4 nitrogen and oxygen atoms in total. The standard InChI is InChI=1S/C13H14F3N3O.C2H6/c1-3-8(2)9-4-5-11-17-10(7-19(11)6-9)18-12(20)13(14,15)16;1-2/h4-8H,3H2,1-2H3,(H,18,20);1-2H3. The summed E-state index contributed by atoms with van der Waals surface area (Å²) in [5.41, 5.74) is 1.54. The smallest absolute Gasteiger partial charge is 0.305 e. The number of nitrogens with zero attached hydrogens (tertiary/aromatic N) is 2. The van der Waals surface area contributed by atoms with Gasteiger partial charge in [0.1, 0.15) is 5.65 Å². The number of nitrogens with one attached hydrogen (secondary N) is 1. The summed E-state index contributed by atoms with van der Waals surface area (Å²) >= 11 is 0. The van der Waals surface area contributed by atoms with Crippen LogP contribution in [0.3, 0.4) is 0 Å². The first-order valence-electron chi connectivity index (χ1n) is 7.18. The number of halogens is 3. The highest BCUT2D eigenvalue weighted by atomic mass is 19.4. The molecule has 0 bridgehead atoms. The van der Waals surface area contributed by atoms with Gasteiger partial charge in [-0.3, -0.25) is 4.79 Å². The van der Waals surface area contributed by atoms with Crippen LogP contribution in [0.1, 0.15) is 45.6 Å². The second kappa shape index (κ2) is 7.29. The van der Waals surface area contributed by atoms with Crippen LogP contribution in [0.2, 0.25) is 0 Å². The van der Waals surface area contributed by atoms with Crippen molar-refractivity contribution in [3.05, 3.63) is 30.1 Å². The van der Waals surface area contributed by atoms with Gasteiger partial charge in [0.15, 0.2) is 5.82 Å². The summed E-state index contributed by atoms with van der Waals surface area (Å²) in [4.78, 5) is 14.8. The number of hydrogen-bond donors (Lipinski definition) is 1. The fraction of sp³-hybridized carbons (Fsp3) is 0.467. The Kier molecular flexibility index (Phi) is 5.96. The van der Waals surface area contributed by atoms with Crippen molar-refractivity contribution in [2.24, 2.45) is 0 Å². The highest BCUT2D eigenvalue weighted by molar-refractivity contribution is 5.94. The topological polar surface area (TPSA) is 46.4 Å². The molecule has 2 rings (SSSR count). The lowest BCUT2D eigenvalue weighted by molar-refractivity contribution is -0.167. The van der Waals surface area contributed by atoms with E-state index in [2.05, 4.69) is 18.8 Å². The maximum absolute atomic E-state index is 12.2. The lowest BCUT2D eigenvalue weighted by atomic mass is 10.0. The summed E-state index contributed by atoms with van der Waals surface area (Å²) in [5, 5.41) is 1.74. The summed E-state index contributed by atoms with van der Waals surface area (Å²) in [6.07, 6.45) is -0.792. The number of alkyl halides is 3. The van der Waals surface area contributed by atoms with Crippen LogP contribution in [-0.4, -0.2) is 21.5 Å². The first-order valence-corrected chi connectivity index (χ1v) is 7.18. The van der Waals surface area contributed by atoms with Crippen LogP contribution in [0.15, 0.2) is 24.5 Å². The molecule has 0 fully saturated rings. The molecular weight excluding hydrogens is 295 g/mol. The van der Waals surface area contributed by atoms with Crippen molar-refractivity contribution in [2.75, 3.05) is 5.32 Å². The van der Waals surface area contributed by atoms with Crippen LogP contribution in [0.5, 0.6) is 0 Å². The number of hydrogen-bond acceptors (Lipinski definition) is 2. The predicted molar refractivity (Wildman–Crippen MR) is 79.9 cm³/mol. The van der Waals surface area contributed by atoms with E-state index in [4.69, 9.17) is 0 Å². The van der Waals surface area contributed by atoms with Crippen molar-refractivity contribution in [3.63, 3.8) is 0 Å². The third-order valence-electron chi connectivity index (χ3n) is 3.15. The number of anilines is 1. The van der Waals surface area contributed by atoms with E-state index in [1.807, 2.05) is 19.9 Å². The number of amides is 1. The lowest BCUT2D eigenvalue weighted by Gasteiger charge is -2.08. The number of carbonyl (C=O) groups excluding carboxylic acids is 1. The van der Waals surface area contributed by atoms with Crippen LogP contribution < -0.4 is 5.32 Å². The van der Waals surface area contributed by atoms with Crippen LogP contribution in [0, 0.1) is 0 Å². The Bertz CT molecular complexity index is 634. The molecule has 0 saturated heterocycles. The van der Waals surface area contributed by atoms with Gasteiger partial charge in [-0.2, -0.15) is 13.2 Å². The molecule has 2 heterocycles. The predicted octanol–water partition coefficient (Wildman–Crippen LogP) is 4.37. The molecule has 1 amide bonds. The average Bonchev–Trinajstić information content (AvgIpc) is 2.88. The molecule has 0 aliphatic rings. The number of fused-ring (bicyclic) bond motifs is 1. The molecule has 0 radical (unpaired) electrons. The lowest BCUT2D eigenvalue weighted by Crippen LogP contribution is -2.30. The zero-order valence-corrected chi connectivity index (χ0v) is 13.0. The summed E-state index contributed by atoms with van der Waals surface area (Å²) in [6, 6.07) is 3.59. The summed E-state index contributed by atoms with van der Waals surface area (Å²) < 4.78 is 38.1. The number of imidazole rings is 1. The summed E-state index contributed by atoms with van der Waals surface area (Å²) in [7, 11) is 0. The maximum Gasteiger partial charge on any atom is 0.471 e. The molecule has 0 aliphatic heterocycles. The van der Waals surface area contributed by atoms with E-state index in [1.54, 1.807) is 22.0 Å². The molecule has 1 atom stereocenters. The second-order valence-electron chi connectivity index (χ2n) is 4.62. The van der Waals surface area contributed by atoms with E-state index in [9.17, 15) is 18.0 Å². The quantitative estimate of drug-likeness (QED) is 0.914. The number of rotatable bonds is 3. The second-order valence-corrected chi connectivity index (χ2v) is 4.62. The van der Waals surface area contributed by atoms with Gasteiger partial charge in [-0.1, -0.05) is 33.8 Å². The minimum absolute atomic E-state index is 0.117. The van der Waals surface area contributed by atoms with E-state index >= 15 is 0 Å². The SMILES string of the molecule is CC.CCC(C)c1ccc2nc(NC(=O)C(F)(F)F)cn2c1. The van der Waals surface area contributed by atoms with E-state index in [-0.39, 0.29) is 5.82 Å². The van der Waals surface area contributed by atoms with Gasteiger partial charge in [0.25, 0.3) is 0 Å². The van der Waals surface area contributed by atoms with Gasteiger partial charge in [0.05, 0.1) is 6.20 Å². The highest BCUT2D eigenvalue weighted by Gasteiger charge is 2.39. The molecule has 122 valence electrons. The summed E-state index contributed by atoms with van der Waals surface area (Å²) in [5.74, 6) is -1.80. The van der Waals surface area contributed by atoms with Crippen molar-refractivity contribution in [2.45, 2.75) is 46.2 Å². The van der Waals surface area contributed by atoms with Gasteiger partial charge in [-0.15, -0.1) is 0 Å². The Morgan fingerprint density at radius 3 is 2.50 bits per heavy atom. The number of carbonyl (C=O) groups is 1. The monoisotopic (exact) mass is 315 g/mol. The largest absolute Gasteiger partial charge is 0.471 e. The average molecular weight is 315 g/mol. The van der Waals surface area contributed by atoms with Crippen molar-refractivity contribution < 1.29 is 18.0 Å². The fourth-order valence-electron chi connectivity index (χ4n) is 1.78. The Balaban J connectivity index is 0.00000116. The van der Waals surface area contributed by atoms with Crippen LogP contribution >= 0.6 is 0 Å². The Labute approximate surface area is 127 Å². The van der Waals surface area contributed by atoms with Crippen LogP contribution in [0.4, 0.5) is 19.0 Å². The Morgan fingerprint density at radius 1 is 1.32 bits per heavy atom. The van der Waals surface area contributed by atoms with E-state index < -0.39 is 12.1 Å². The maximum atomic E-state index is 12.2. The van der Waals surface area contributed by atoms with E-state index in [0.29, 0.717) is 11.6 Å². The van der Waals surface area contributed by atoms with Crippen molar-refractivity contribution in [3.8, 4) is 0 Å². The number of pyridine rings is 1. The molecule has 22 heavy (non-hydrogen) atoms. The molecule has 0 aliphatic carbocycles. The van der Waals surface area contributed by atoms with Gasteiger partial charge in [-0.05, 0) is 24.0 Å². The van der Waals surface area contributed by atoms with E-state index in [0.717, 1.165) is 12.0 Å².